The minimum absolute atomic E-state index is 0.0276. The number of piperazine rings is 1. The van der Waals surface area contributed by atoms with Crippen molar-refractivity contribution in [2.45, 2.75) is 12.1 Å². The zero-order chi connectivity index (χ0) is 7.84. The zero-order valence-corrected chi connectivity index (χ0v) is 5.79. The normalized spacial score (nSPS) is 36.0. The summed E-state index contributed by atoms with van der Waals surface area (Å²) in [6.07, 6.45) is 0. The van der Waals surface area contributed by atoms with Gasteiger partial charge in [-0.05, 0) is 0 Å². The van der Waals surface area contributed by atoms with Crippen molar-refractivity contribution in [3.63, 3.8) is 0 Å². The Bertz CT molecular complexity index is 194. The van der Waals surface area contributed by atoms with Crippen LogP contribution in [0.3, 0.4) is 0 Å². The van der Waals surface area contributed by atoms with E-state index in [9.17, 15) is 9.59 Å². The van der Waals surface area contributed by atoms with Gasteiger partial charge >= 0.3 is 11.8 Å². The summed E-state index contributed by atoms with van der Waals surface area (Å²) in [6, 6.07) is -0.0552. The van der Waals surface area contributed by atoms with E-state index in [1.54, 1.807) is 0 Å². The molecule has 0 saturated carbocycles. The standard InChI is InChI=1S/C6H8N2O3/c9-5-6(10)8-4-2-11-1-3(4)7-5/h3-4H,1-2H2,(H,7,9)(H,8,10)/t3-,4?/m1/s1. The molecule has 0 bridgehead atoms. The number of amides is 2. The van der Waals surface area contributed by atoms with E-state index in [1.165, 1.54) is 0 Å². The van der Waals surface area contributed by atoms with Crippen molar-refractivity contribution in [1.29, 1.82) is 0 Å². The van der Waals surface area contributed by atoms with Crippen LogP contribution in [0, 0.1) is 0 Å². The summed E-state index contributed by atoms with van der Waals surface area (Å²) in [5, 5.41) is 5.10. The van der Waals surface area contributed by atoms with Crippen molar-refractivity contribution < 1.29 is 14.3 Å². The number of carbonyl (C=O) groups excluding carboxylic acids is 2. The Morgan fingerprint density at radius 1 is 1.09 bits per heavy atom. The van der Waals surface area contributed by atoms with Crippen LogP contribution < -0.4 is 10.6 Å². The molecule has 2 fully saturated rings. The first kappa shape index (κ1) is 6.60. The van der Waals surface area contributed by atoms with E-state index in [4.69, 9.17) is 4.74 Å². The predicted molar refractivity (Wildman–Crippen MR) is 34.7 cm³/mol. The van der Waals surface area contributed by atoms with Crippen molar-refractivity contribution in [3.05, 3.63) is 0 Å². The van der Waals surface area contributed by atoms with Gasteiger partial charge in [-0.3, -0.25) is 9.59 Å². The molecule has 0 aromatic heterocycles. The summed E-state index contributed by atoms with van der Waals surface area (Å²) in [5.41, 5.74) is 0. The molecule has 0 aromatic rings. The van der Waals surface area contributed by atoms with Crippen LogP contribution in [-0.2, 0) is 14.3 Å². The van der Waals surface area contributed by atoms with Gasteiger partial charge in [-0.15, -0.1) is 0 Å². The van der Waals surface area contributed by atoms with Crippen molar-refractivity contribution in [2.75, 3.05) is 13.2 Å². The Hall–Kier alpha value is -1.10. The highest BCUT2D eigenvalue weighted by atomic mass is 16.5. The first-order valence-electron chi connectivity index (χ1n) is 3.46. The second kappa shape index (κ2) is 2.20. The molecule has 0 aliphatic carbocycles. The largest absolute Gasteiger partial charge is 0.377 e. The molecule has 11 heavy (non-hydrogen) atoms. The zero-order valence-electron chi connectivity index (χ0n) is 5.79. The monoisotopic (exact) mass is 156 g/mol. The lowest BCUT2D eigenvalue weighted by Crippen LogP contribution is -2.61. The van der Waals surface area contributed by atoms with Gasteiger partial charge in [-0.2, -0.15) is 0 Å². The number of ether oxygens (including phenoxy) is 1. The van der Waals surface area contributed by atoms with Crippen LogP contribution in [0.4, 0.5) is 0 Å². The quantitative estimate of drug-likeness (QED) is 0.398. The predicted octanol–water partition coefficient (Wildman–Crippen LogP) is -2.00. The molecule has 0 spiro atoms. The van der Waals surface area contributed by atoms with Crippen molar-refractivity contribution in [2.24, 2.45) is 0 Å². The van der Waals surface area contributed by atoms with Crippen LogP contribution in [-0.4, -0.2) is 37.1 Å². The van der Waals surface area contributed by atoms with E-state index in [1.807, 2.05) is 0 Å². The van der Waals surface area contributed by atoms with Crippen LogP contribution in [0.5, 0.6) is 0 Å². The van der Waals surface area contributed by atoms with Gasteiger partial charge in [0.15, 0.2) is 0 Å². The van der Waals surface area contributed by atoms with Crippen LogP contribution in [0.15, 0.2) is 0 Å². The fourth-order valence-corrected chi connectivity index (χ4v) is 1.31. The molecule has 2 aliphatic rings. The summed E-state index contributed by atoms with van der Waals surface area (Å²) in [6.45, 7) is 0.993. The molecule has 2 atom stereocenters. The highest BCUT2D eigenvalue weighted by molar-refractivity contribution is 6.35. The van der Waals surface area contributed by atoms with Crippen LogP contribution in [0.25, 0.3) is 0 Å². The van der Waals surface area contributed by atoms with Gasteiger partial charge in [0.1, 0.15) is 0 Å². The topological polar surface area (TPSA) is 67.4 Å². The van der Waals surface area contributed by atoms with E-state index >= 15 is 0 Å². The van der Waals surface area contributed by atoms with E-state index in [0.717, 1.165) is 0 Å². The summed E-state index contributed by atoms with van der Waals surface area (Å²) in [4.78, 5) is 21.5. The van der Waals surface area contributed by atoms with Gasteiger partial charge < -0.3 is 15.4 Å². The van der Waals surface area contributed by atoms with E-state index < -0.39 is 11.8 Å². The van der Waals surface area contributed by atoms with Gasteiger partial charge in [-0.25, -0.2) is 0 Å². The lowest BCUT2D eigenvalue weighted by Gasteiger charge is -2.24. The van der Waals surface area contributed by atoms with Crippen molar-refractivity contribution >= 4 is 11.8 Å². The van der Waals surface area contributed by atoms with Gasteiger partial charge in [0.25, 0.3) is 0 Å². The maximum absolute atomic E-state index is 10.8. The minimum Gasteiger partial charge on any atom is -0.377 e. The highest BCUT2D eigenvalue weighted by Gasteiger charge is 2.37. The second-order valence-corrected chi connectivity index (χ2v) is 2.70. The SMILES string of the molecule is O=C1NC2COC[C@H]2NC1=O. The fourth-order valence-electron chi connectivity index (χ4n) is 1.31. The molecule has 1 unspecified atom stereocenters. The molecule has 0 aromatic carbocycles. The number of rotatable bonds is 0. The Kier molecular flexibility index (Phi) is 1.32. The van der Waals surface area contributed by atoms with Gasteiger partial charge in [-0.1, -0.05) is 0 Å². The average Bonchev–Trinajstić information content (AvgIpc) is 2.36. The average molecular weight is 156 g/mol. The Labute approximate surface area is 63.1 Å². The molecule has 2 saturated heterocycles. The summed E-state index contributed by atoms with van der Waals surface area (Å²) in [5.74, 6) is -1.12. The van der Waals surface area contributed by atoms with Crippen LogP contribution in [0.2, 0.25) is 0 Å². The molecule has 60 valence electrons. The maximum Gasteiger partial charge on any atom is 0.309 e. The molecule has 2 aliphatic heterocycles. The van der Waals surface area contributed by atoms with Crippen LogP contribution >= 0.6 is 0 Å². The molecule has 2 N–H and O–H groups in total. The third-order valence-corrected chi connectivity index (χ3v) is 1.92. The molecule has 2 heterocycles. The molecule has 2 rings (SSSR count). The number of fused-ring (bicyclic) bond motifs is 1. The molecule has 2 amide bonds. The fraction of sp³-hybridized carbons (Fsp3) is 0.667. The number of nitrogens with one attached hydrogen (secondary N) is 2. The van der Waals surface area contributed by atoms with E-state index in [0.29, 0.717) is 13.2 Å². The van der Waals surface area contributed by atoms with E-state index in [-0.39, 0.29) is 12.1 Å². The Morgan fingerprint density at radius 3 is 2.00 bits per heavy atom. The Balaban J connectivity index is 2.12. The summed E-state index contributed by atoms with van der Waals surface area (Å²) in [7, 11) is 0. The third kappa shape index (κ3) is 0.970. The maximum atomic E-state index is 10.8. The van der Waals surface area contributed by atoms with Crippen molar-refractivity contribution in [3.8, 4) is 0 Å². The summed E-state index contributed by atoms with van der Waals surface area (Å²) < 4.78 is 5.06. The second-order valence-electron chi connectivity index (χ2n) is 2.70. The van der Waals surface area contributed by atoms with Gasteiger partial charge in [0.05, 0.1) is 25.3 Å². The number of carbonyl (C=O) groups is 2. The lowest BCUT2D eigenvalue weighted by atomic mass is 10.1. The molecular formula is C6H8N2O3. The van der Waals surface area contributed by atoms with Gasteiger partial charge in [0, 0.05) is 0 Å². The first-order chi connectivity index (χ1) is 5.27. The molecule has 5 nitrogen and oxygen atoms in total. The highest BCUT2D eigenvalue weighted by Crippen LogP contribution is 2.08. The Morgan fingerprint density at radius 2 is 1.55 bits per heavy atom. The molecule has 0 radical (unpaired) electrons. The summed E-state index contributed by atoms with van der Waals surface area (Å²) >= 11 is 0. The van der Waals surface area contributed by atoms with Crippen LogP contribution in [0.1, 0.15) is 0 Å². The van der Waals surface area contributed by atoms with Crippen molar-refractivity contribution in [1.82, 2.24) is 10.6 Å². The van der Waals surface area contributed by atoms with E-state index in [2.05, 4.69) is 10.6 Å². The molecular weight excluding hydrogens is 148 g/mol. The lowest BCUT2D eigenvalue weighted by molar-refractivity contribution is -0.142. The van der Waals surface area contributed by atoms with Gasteiger partial charge in [0.2, 0.25) is 0 Å². The number of hydrogen-bond acceptors (Lipinski definition) is 3. The smallest absolute Gasteiger partial charge is 0.309 e. The number of hydrogen-bond donors (Lipinski definition) is 2. The third-order valence-electron chi connectivity index (χ3n) is 1.92. The minimum atomic E-state index is -0.559. The molecule has 5 heteroatoms. The first-order valence-corrected chi connectivity index (χ1v) is 3.46.